The minimum atomic E-state index is -0.529. The van der Waals surface area contributed by atoms with Gasteiger partial charge in [-0.25, -0.2) is 4.79 Å². The van der Waals surface area contributed by atoms with Crippen molar-refractivity contribution >= 4 is 40.2 Å². The van der Waals surface area contributed by atoms with E-state index in [1.165, 1.54) is 24.5 Å². The molecule has 1 aliphatic rings. The molecule has 0 aromatic carbocycles. The molecule has 0 amide bonds. The van der Waals surface area contributed by atoms with E-state index in [1.807, 2.05) is 0 Å². The van der Waals surface area contributed by atoms with Crippen LogP contribution in [0.4, 0.5) is 0 Å². The van der Waals surface area contributed by atoms with Gasteiger partial charge in [-0.1, -0.05) is 0 Å². The lowest BCUT2D eigenvalue weighted by Crippen LogP contribution is -2.15. The van der Waals surface area contributed by atoms with E-state index >= 15 is 0 Å². The fourth-order valence-electron chi connectivity index (χ4n) is 1.84. The summed E-state index contributed by atoms with van der Waals surface area (Å²) in [6, 6.07) is 3.07. The van der Waals surface area contributed by atoms with Gasteiger partial charge >= 0.3 is 5.97 Å². The Labute approximate surface area is 110 Å². The number of rotatable bonds is 1. The highest BCUT2D eigenvalue weighted by Gasteiger charge is 2.34. The minimum Gasteiger partial charge on any atom is -0.465 e. The number of hydrogen-bond donors (Lipinski definition) is 0. The minimum absolute atomic E-state index is 0.185. The molecule has 3 rings (SSSR count). The summed E-state index contributed by atoms with van der Waals surface area (Å²) in [5.41, 5.74) is 0.725. The largest absolute Gasteiger partial charge is 0.465 e. The first-order chi connectivity index (χ1) is 8.63. The zero-order chi connectivity index (χ0) is 12.9. The quantitative estimate of drug-likeness (QED) is 0.641. The molecule has 2 heterocycles. The number of carbonyl (C=O) groups excluding carboxylic acids is 3. The van der Waals surface area contributed by atoms with Gasteiger partial charge in [0.25, 0.3) is 0 Å². The number of esters is 1. The second kappa shape index (κ2) is 3.86. The Bertz CT molecular complexity index is 645. The molecular weight excluding hydrogens is 272 g/mol. The summed E-state index contributed by atoms with van der Waals surface area (Å²) < 4.78 is 4.59. The lowest BCUT2D eigenvalue weighted by atomic mass is 9.95. The maximum Gasteiger partial charge on any atom is 0.348 e. The highest BCUT2D eigenvalue weighted by atomic mass is 32.1. The lowest BCUT2D eigenvalue weighted by molar-refractivity contribution is 0.0606. The van der Waals surface area contributed by atoms with Crippen LogP contribution in [0.1, 0.15) is 40.1 Å². The molecule has 0 atom stereocenters. The van der Waals surface area contributed by atoms with E-state index in [-0.39, 0.29) is 16.4 Å². The van der Waals surface area contributed by atoms with Crippen molar-refractivity contribution in [3.8, 4) is 0 Å². The Hall–Kier alpha value is -1.79. The fourth-order valence-corrected chi connectivity index (χ4v) is 3.76. The van der Waals surface area contributed by atoms with Crippen molar-refractivity contribution in [3.05, 3.63) is 43.3 Å². The van der Waals surface area contributed by atoms with Crippen molar-refractivity contribution in [1.29, 1.82) is 0 Å². The van der Waals surface area contributed by atoms with Crippen LogP contribution in [0.3, 0.4) is 0 Å². The molecule has 0 aliphatic heterocycles. The molecule has 2 aromatic heterocycles. The molecule has 0 radical (unpaired) electrons. The van der Waals surface area contributed by atoms with Gasteiger partial charge in [0, 0.05) is 11.1 Å². The number of fused-ring (bicyclic) bond motifs is 2. The maximum absolute atomic E-state index is 12.2. The molecule has 0 saturated heterocycles. The van der Waals surface area contributed by atoms with Crippen LogP contribution in [0.2, 0.25) is 0 Å². The topological polar surface area (TPSA) is 60.4 Å². The summed E-state index contributed by atoms with van der Waals surface area (Å²) in [5, 5.41) is 1.72. The molecule has 18 heavy (non-hydrogen) atoms. The molecule has 0 bridgehead atoms. The summed E-state index contributed by atoms with van der Waals surface area (Å²) in [7, 11) is 1.27. The molecule has 1 aliphatic carbocycles. The Morgan fingerprint density at radius 1 is 1.17 bits per heavy atom. The summed E-state index contributed by atoms with van der Waals surface area (Å²) in [4.78, 5) is 36.8. The Balaban J connectivity index is 2.19. The molecule has 90 valence electrons. The number of carbonyl (C=O) groups is 3. The van der Waals surface area contributed by atoms with Crippen molar-refractivity contribution in [3.63, 3.8) is 0 Å². The summed E-state index contributed by atoms with van der Waals surface area (Å²) in [5.74, 6) is -0.916. The number of methoxy groups -OCH3 is 1. The van der Waals surface area contributed by atoms with Gasteiger partial charge in [0.1, 0.15) is 4.88 Å². The van der Waals surface area contributed by atoms with Crippen LogP contribution in [-0.2, 0) is 4.74 Å². The van der Waals surface area contributed by atoms with Crippen molar-refractivity contribution in [2.45, 2.75) is 0 Å². The molecule has 2 aromatic rings. The molecule has 0 N–H and O–H groups in total. The van der Waals surface area contributed by atoms with Crippen molar-refractivity contribution in [2.75, 3.05) is 7.11 Å². The van der Waals surface area contributed by atoms with Gasteiger partial charge in [0.05, 0.1) is 16.9 Å². The SMILES string of the molecule is COC(=O)c1cc2c(s1)C(=O)c1sccc1C2=O. The third kappa shape index (κ3) is 1.39. The standard InChI is InChI=1S/C12H6O4S2/c1-16-12(15)7-4-6-8(13)5-2-3-17-10(5)9(14)11(6)18-7/h2-4H,1H3. The van der Waals surface area contributed by atoms with Crippen LogP contribution in [0.5, 0.6) is 0 Å². The van der Waals surface area contributed by atoms with E-state index in [1.54, 1.807) is 11.4 Å². The number of ether oxygens (including phenoxy) is 1. The highest BCUT2D eigenvalue weighted by Crippen LogP contribution is 2.35. The van der Waals surface area contributed by atoms with E-state index in [0.717, 1.165) is 11.3 Å². The predicted molar refractivity (Wildman–Crippen MR) is 66.8 cm³/mol. The molecule has 0 spiro atoms. The smallest absolute Gasteiger partial charge is 0.348 e. The molecule has 0 fully saturated rings. The van der Waals surface area contributed by atoms with E-state index < -0.39 is 5.97 Å². The Morgan fingerprint density at radius 3 is 2.67 bits per heavy atom. The van der Waals surface area contributed by atoms with Gasteiger partial charge in [0.15, 0.2) is 5.78 Å². The lowest BCUT2D eigenvalue weighted by Gasteiger charge is -2.08. The van der Waals surface area contributed by atoms with Crippen LogP contribution >= 0.6 is 22.7 Å². The average molecular weight is 278 g/mol. The average Bonchev–Trinajstić information content (AvgIpc) is 3.01. The first-order valence-electron chi connectivity index (χ1n) is 5.02. The van der Waals surface area contributed by atoms with E-state index in [2.05, 4.69) is 4.74 Å². The highest BCUT2D eigenvalue weighted by molar-refractivity contribution is 7.19. The Morgan fingerprint density at radius 2 is 1.94 bits per heavy atom. The van der Waals surface area contributed by atoms with Gasteiger partial charge in [-0.3, -0.25) is 9.59 Å². The molecule has 6 heteroatoms. The van der Waals surface area contributed by atoms with E-state index in [9.17, 15) is 14.4 Å². The van der Waals surface area contributed by atoms with Crippen LogP contribution < -0.4 is 0 Å². The van der Waals surface area contributed by atoms with Gasteiger partial charge < -0.3 is 4.74 Å². The van der Waals surface area contributed by atoms with Gasteiger partial charge in [0.2, 0.25) is 5.78 Å². The summed E-state index contributed by atoms with van der Waals surface area (Å²) >= 11 is 2.25. The van der Waals surface area contributed by atoms with Gasteiger partial charge in [-0.05, 0) is 17.5 Å². The zero-order valence-corrected chi connectivity index (χ0v) is 10.8. The van der Waals surface area contributed by atoms with Gasteiger partial charge in [-0.15, -0.1) is 22.7 Å². The van der Waals surface area contributed by atoms with E-state index in [0.29, 0.717) is 20.9 Å². The first-order valence-corrected chi connectivity index (χ1v) is 6.72. The summed E-state index contributed by atoms with van der Waals surface area (Å²) in [6.07, 6.45) is 0. The Kier molecular flexibility index (Phi) is 2.42. The summed E-state index contributed by atoms with van der Waals surface area (Å²) in [6.45, 7) is 0. The molecular formula is C12H6O4S2. The third-order valence-corrected chi connectivity index (χ3v) is 4.71. The normalized spacial score (nSPS) is 13.2. The molecule has 0 saturated carbocycles. The number of hydrogen-bond acceptors (Lipinski definition) is 6. The molecule has 4 nitrogen and oxygen atoms in total. The zero-order valence-electron chi connectivity index (χ0n) is 9.18. The van der Waals surface area contributed by atoms with Crippen LogP contribution in [-0.4, -0.2) is 24.6 Å². The van der Waals surface area contributed by atoms with E-state index in [4.69, 9.17) is 0 Å². The van der Waals surface area contributed by atoms with Crippen LogP contribution in [0.15, 0.2) is 17.5 Å². The van der Waals surface area contributed by atoms with Crippen molar-refractivity contribution < 1.29 is 19.1 Å². The first kappa shape index (κ1) is 11.3. The monoisotopic (exact) mass is 278 g/mol. The number of ketones is 2. The van der Waals surface area contributed by atoms with Crippen molar-refractivity contribution in [2.24, 2.45) is 0 Å². The van der Waals surface area contributed by atoms with Crippen LogP contribution in [0.25, 0.3) is 0 Å². The second-order valence-electron chi connectivity index (χ2n) is 3.67. The third-order valence-electron chi connectivity index (χ3n) is 2.69. The number of thiophene rings is 2. The molecule has 0 unspecified atom stereocenters. The fraction of sp³-hybridized carbons (Fsp3) is 0.0833. The predicted octanol–water partition coefficient (Wildman–Crippen LogP) is 2.37. The second-order valence-corrected chi connectivity index (χ2v) is 5.63. The maximum atomic E-state index is 12.2. The van der Waals surface area contributed by atoms with Crippen LogP contribution in [0, 0.1) is 0 Å². The van der Waals surface area contributed by atoms with Gasteiger partial charge in [-0.2, -0.15) is 0 Å². The van der Waals surface area contributed by atoms with Crippen molar-refractivity contribution in [1.82, 2.24) is 0 Å².